The monoisotopic (exact) mass is 524 g/mol. The number of anilines is 2. The predicted molar refractivity (Wildman–Crippen MR) is 145 cm³/mol. The number of hydrogen-bond donors (Lipinski definition) is 2. The summed E-state index contributed by atoms with van der Waals surface area (Å²) in [5.74, 6) is 3.22. The lowest BCUT2D eigenvalue weighted by Crippen LogP contribution is -2.42. The molecule has 2 aromatic carbocycles. The first kappa shape index (κ1) is 23.6. The number of benzene rings is 2. The van der Waals surface area contributed by atoms with Crippen molar-refractivity contribution in [2.75, 3.05) is 12.4 Å². The van der Waals surface area contributed by atoms with Crippen molar-refractivity contribution in [3.05, 3.63) is 60.9 Å². The molecule has 0 spiro atoms. The van der Waals surface area contributed by atoms with Gasteiger partial charge in [0.25, 0.3) is 0 Å². The second-order valence-corrected chi connectivity index (χ2v) is 10.1. The van der Waals surface area contributed by atoms with Crippen LogP contribution in [0.3, 0.4) is 0 Å². The fraction of sp³-hybridized carbons (Fsp3) is 0.321. The molecule has 11 nitrogen and oxygen atoms in total. The topological polar surface area (TPSA) is 121 Å². The Morgan fingerprint density at radius 1 is 0.923 bits per heavy atom. The van der Waals surface area contributed by atoms with Gasteiger partial charge < -0.3 is 24.8 Å². The standard InChI is InChI=1S/C28H28N8O3/c1-16-7-17(5-6-23(16)39-27-12-26-30-14-33-36(26)15-32-27)35-28-21-10-25(24(37-2)11-22(21)29-13-31-28)38-20-8-18-3-4-19(9-20)34-18/h5-7,10-15,18-20,34H,3-4,8-9H2,1-2H3,(H,29,31,35). The van der Waals surface area contributed by atoms with Crippen molar-refractivity contribution in [3.8, 4) is 23.1 Å². The number of rotatable bonds is 7. The number of methoxy groups -OCH3 is 1. The molecule has 0 saturated carbocycles. The third kappa shape index (κ3) is 4.65. The van der Waals surface area contributed by atoms with Crippen molar-refractivity contribution in [1.82, 2.24) is 34.9 Å². The average molecular weight is 525 g/mol. The Labute approximate surface area is 224 Å². The van der Waals surface area contributed by atoms with Gasteiger partial charge in [0.2, 0.25) is 5.88 Å². The maximum atomic E-state index is 6.50. The minimum absolute atomic E-state index is 0.159. The SMILES string of the molecule is COc1cc2ncnc(Nc3ccc(Oc4cc5ncnn5cn4)c(C)c3)c2cc1OC1CC2CCC(C1)N2. The minimum Gasteiger partial charge on any atom is -0.493 e. The van der Waals surface area contributed by atoms with Gasteiger partial charge in [0.15, 0.2) is 17.1 Å². The summed E-state index contributed by atoms with van der Waals surface area (Å²) in [6, 6.07) is 12.6. The van der Waals surface area contributed by atoms with Gasteiger partial charge in [0.05, 0.1) is 12.6 Å². The largest absolute Gasteiger partial charge is 0.493 e. The number of hydrogen-bond acceptors (Lipinski definition) is 10. The zero-order chi connectivity index (χ0) is 26.3. The molecule has 5 aromatic rings. The Morgan fingerprint density at radius 2 is 1.79 bits per heavy atom. The number of piperidine rings is 1. The van der Waals surface area contributed by atoms with Crippen LogP contribution in [0.25, 0.3) is 16.6 Å². The maximum absolute atomic E-state index is 6.50. The van der Waals surface area contributed by atoms with Crippen molar-refractivity contribution in [2.24, 2.45) is 0 Å². The highest BCUT2D eigenvalue weighted by molar-refractivity contribution is 5.93. The van der Waals surface area contributed by atoms with Gasteiger partial charge in [-0.3, -0.25) is 0 Å². The molecule has 2 aliphatic heterocycles. The molecule has 2 atom stereocenters. The lowest BCUT2D eigenvalue weighted by molar-refractivity contribution is 0.133. The van der Waals surface area contributed by atoms with Gasteiger partial charge in [-0.15, -0.1) is 0 Å². The van der Waals surface area contributed by atoms with E-state index in [0.29, 0.717) is 46.7 Å². The smallest absolute Gasteiger partial charge is 0.224 e. The van der Waals surface area contributed by atoms with E-state index in [-0.39, 0.29) is 6.10 Å². The van der Waals surface area contributed by atoms with E-state index < -0.39 is 0 Å². The summed E-state index contributed by atoms with van der Waals surface area (Å²) in [4.78, 5) is 17.5. The van der Waals surface area contributed by atoms with Crippen LogP contribution in [0.2, 0.25) is 0 Å². The molecule has 7 rings (SSSR count). The predicted octanol–water partition coefficient (Wildman–Crippen LogP) is 4.58. The van der Waals surface area contributed by atoms with Gasteiger partial charge in [-0.05, 0) is 62.4 Å². The summed E-state index contributed by atoms with van der Waals surface area (Å²) in [7, 11) is 1.66. The summed E-state index contributed by atoms with van der Waals surface area (Å²) < 4.78 is 19.8. The first-order valence-corrected chi connectivity index (χ1v) is 13.1. The molecule has 2 aliphatic rings. The summed E-state index contributed by atoms with van der Waals surface area (Å²) in [5, 5.41) is 12.0. The fourth-order valence-corrected chi connectivity index (χ4v) is 5.55. The maximum Gasteiger partial charge on any atom is 0.224 e. The normalized spacial score (nSPS) is 20.3. The molecule has 2 fully saturated rings. The molecule has 2 saturated heterocycles. The molecule has 2 N–H and O–H groups in total. The lowest BCUT2D eigenvalue weighted by atomic mass is 10.0. The highest BCUT2D eigenvalue weighted by atomic mass is 16.5. The van der Waals surface area contributed by atoms with Crippen molar-refractivity contribution in [1.29, 1.82) is 0 Å². The molecule has 2 bridgehead atoms. The van der Waals surface area contributed by atoms with E-state index in [1.54, 1.807) is 30.3 Å². The van der Waals surface area contributed by atoms with Gasteiger partial charge in [0.1, 0.15) is 36.7 Å². The van der Waals surface area contributed by atoms with E-state index in [1.807, 2.05) is 37.3 Å². The van der Waals surface area contributed by atoms with E-state index in [4.69, 9.17) is 14.2 Å². The van der Waals surface area contributed by atoms with E-state index >= 15 is 0 Å². The molecule has 39 heavy (non-hydrogen) atoms. The Kier molecular flexibility index (Phi) is 5.85. The van der Waals surface area contributed by atoms with Gasteiger partial charge >= 0.3 is 0 Å². The molecule has 0 amide bonds. The van der Waals surface area contributed by atoms with Crippen molar-refractivity contribution in [3.63, 3.8) is 0 Å². The van der Waals surface area contributed by atoms with Crippen LogP contribution in [0.4, 0.5) is 11.5 Å². The molecule has 198 valence electrons. The number of fused-ring (bicyclic) bond motifs is 4. The number of aryl methyl sites for hydroxylation is 1. The number of nitrogens with zero attached hydrogens (tertiary/aromatic N) is 6. The summed E-state index contributed by atoms with van der Waals surface area (Å²) in [6.07, 6.45) is 9.21. The number of aromatic nitrogens is 6. The molecular weight excluding hydrogens is 496 g/mol. The van der Waals surface area contributed by atoms with E-state index in [1.165, 1.54) is 19.2 Å². The number of ether oxygens (including phenoxy) is 3. The third-order valence-corrected chi connectivity index (χ3v) is 7.44. The van der Waals surface area contributed by atoms with Gasteiger partial charge in [0, 0.05) is 35.3 Å². The first-order valence-electron chi connectivity index (χ1n) is 13.1. The van der Waals surface area contributed by atoms with Gasteiger partial charge in [-0.1, -0.05) is 0 Å². The lowest BCUT2D eigenvalue weighted by Gasteiger charge is -2.30. The van der Waals surface area contributed by atoms with Crippen LogP contribution in [-0.2, 0) is 0 Å². The van der Waals surface area contributed by atoms with Crippen molar-refractivity contribution < 1.29 is 14.2 Å². The van der Waals surface area contributed by atoms with Crippen molar-refractivity contribution in [2.45, 2.75) is 50.8 Å². The van der Waals surface area contributed by atoms with Gasteiger partial charge in [-0.2, -0.15) is 5.10 Å². The molecule has 0 radical (unpaired) electrons. The van der Waals surface area contributed by atoms with Crippen LogP contribution < -0.4 is 24.8 Å². The number of nitrogens with one attached hydrogen (secondary N) is 2. The van der Waals surface area contributed by atoms with Crippen LogP contribution in [0.1, 0.15) is 31.2 Å². The first-order chi connectivity index (χ1) is 19.1. The fourth-order valence-electron chi connectivity index (χ4n) is 5.55. The second-order valence-electron chi connectivity index (χ2n) is 10.1. The molecule has 0 aliphatic carbocycles. The molecule has 11 heteroatoms. The molecule has 5 heterocycles. The van der Waals surface area contributed by atoms with Crippen LogP contribution in [0, 0.1) is 6.92 Å². The summed E-state index contributed by atoms with van der Waals surface area (Å²) in [6.45, 7) is 1.98. The van der Waals surface area contributed by atoms with E-state index in [2.05, 4.69) is 35.7 Å². The quantitative estimate of drug-likeness (QED) is 0.313. The van der Waals surface area contributed by atoms with E-state index in [0.717, 1.165) is 35.0 Å². The average Bonchev–Trinajstić information content (AvgIpc) is 3.55. The van der Waals surface area contributed by atoms with Crippen molar-refractivity contribution >= 4 is 28.1 Å². The summed E-state index contributed by atoms with van der Waals surface area (Å²) in [5.41, 5.74) is 3.24. The van der Waals surface area contributed by atoms with E-state index in [9.17, 15) is 0 Å². The molecule has 2 unspecified atom stereocenters. The van der Waals surface area contributed by atoms with Gasteiger partial charge in [-0.25, -0.2) is 24.5 Å². The third-order valence-electron chi connectivity index (χ3n) is 7.44. The Bertz CT molecular complexity index is 1660. The highest BCUT2D eigenvalue weighted by Gasteiger charge is 2.35. The Morgan fingerprint density at radius 3 is 2.62 bits per heavy atom. The zero-order valence-corrected chi connectivity index (χ0v) is 21.7. The Hall–Kier alpha value is -4.51. The Balaban J connectivity index is 1.14. The highest BCUT2D eigenvalue weighted by Crippen LogP contribution is 2.38. The second kappa shape index (κ2) is 9.66. The van der Waals surface area contributed by atoms with Crippen LogP contribution >= 0.6 is 0 Å². The van der Waals surface area contributed by atoms with Crippen LogP contribution in [0.5, 0.6) is 23.1 Å². The molecule has 3 aromatic heterocycles. The van der Waals surface area contributed by atoms with Crippen LogP contribution in [0.15, 0.2) is 55.4 Å². The summed E-state index contributed by atoms with van der Waals surface area (Å²) >= 11 is 0. The minimum atomic E-state index is 0.159. The molecular formula is C28H28N8O3. The zero-order valence-electron chi connectivity index (χ0n) is 21.7. The van der Waals surface area contributed by atoms with Crippen LogP contribution in [-0.4, -0.2) is 54.8 Å².